The quantitative estimate of drug-likeness (QED) is 0.744. The SMILES string of the molecule is CCN(C(=O)CNCCOC)C(C)c1cccc(C(F)(F)F)c1. The summed E-state index contributed by atoms with van der Waals surface area (Å²) in [6.07, 6.45) is -4.39. The molecule has 1 aromatic carbocycles. The molecule has 1 atom stereocenters. The number of halogens is 3. The van der Waals surface area contributed by atoms with E-state index < -0.39 is 17.8 Å². The molecule has 1 amide bonds. The lowest BCUT2D eigenvalue weighted by Gasteiger charge is -2.29. The van der Waals surface area contributed by atoms with Crippen LogP contribution in [0.25, 0.3) is 0 Å². The molecule has 1 aromatic rings. The molecule has 0 aromatic heterocycles. The van der Waals surface area contributed by atoms with Crippen molar-refractivity contribution in [2.45, 2.75) is 26.1 Å². The highest BCUT2D eigenvalue weighted by molar-refractivity contribution is 5.78. The van der Waals surface area contributed by atoms with Crippen LogP contribution in [0.1, 0.15) is 31.0 Å². The second-order valence-electron chi connectivity index (χ2n) is 5.15. The summed E-state index contributed by atoms with van der Waals surface area (Å²) in [7, 11) is 1.57. The summed E-state index contributed by atoms with van der Waals surface area (Å²) in [5.41, 5.74) is -0.240. The van der Waals surface area contributed by atoms with Gasteiger partial charge in [0.2, 0.25) is 5.91 Å². The van der Waals surface area contributed by atoms with Gasteiger partial charge in [0.25, 0.3) is 0 Å². The summed E-state index contributed by atoms with van der Waals surface area (Å²) in [6.45, 7) is 5.10. The van der Waals surface area contributed by atoms with Gasteiger partial charge in [0, 0.05) is 20.2 Å². The molecule has 0 aliphatic carbocycles. The Morgan fingerprint density at radius 1 is 1.39 bits per heavy atom. The molecule has 0 fully saturated rings. The van der Waals surface area contributed by atoms with E-state index in [4.69, 9.17) is 4.74 Å². The number of nitrogens with one attached hydrogen (secondary N) is 1. The summed E-state index contributed by atoms with van der Waals surface area (Å²) >= 11 is 0. The Bertz CT molecular complexity index is 506. The third kappa shape index (κ3) is 5.84. The first-order chi connectivity index (χ1) is 10.8. The van der Waals surface area contributed by atoms with Crippen LogP contribution >= 0.6 is 0 Å². The highest BCUT2D eigenvalue weighted by Gasteiger charge is 2.31. The summed E-state index contributed by atoms with van der Waals surface area (Å²) in [6, 6.07) is 4.66. The van der Waals surface area contributed by atoms with Crippen molar-refractivity contribution in [3.63, 3.8) is 0 Å². The van der Waals surface area contributed by atoms with Gasteiger partial charge in [-0.15, -0.1) is 0 Å². The topological polar surface area (TPSA) is 41.6 Å². The van der Waals surface area contributed by atoms with Crippen LogP contribution in [0, 0.1) is 0 Å². The number of hydrogen-bond acceptors (Lipinski definition) is 3. The van der Waals surface area contributed by atoms with Gasteiger partial charge in [0.05, 0.1) is 24.8 Å². The second-order valence-corrected chi connectivity index (χ2v) is 5.15. The number of ether oxygens (including phenoxy) is 1. The summed E-state index contributed by atoms with van der Waals surface area (Å²) in [4.78, 5) is 13.8. The maximum absolute atomic E-state index is 12.8. The van der Waals surface area contributed by atoms with E-state index in [-0.39, 0.29) is 12.5 Å². The van der Waals surface area contributed by atoms with Crippen LogP contribution in [-0.2, 0) is 15.7 Å². The Hall–Kier alpha value is -1.60. The zero-order valence-electron chi connectivity index (χ0n) is 13.6. The lowest BCUT2D eigenvalue weighted by molar-refractivity contribution is -0.137. The van der Waals surface area contributed by atoms with Crippen molar-refractivity contribution in [1.29, 1.82) is 0 Å². The lowest BCUT2D eigenvalue weighted by atomic mass is 10.0. The number of methoxy groups -OCH3 is 1. The van der Waals surface area contributed by atoms with Crippen LogP contribution in [0.15, 0.2) is 24.3 Å². The first-order valence-electron chi connectivity index (χ1n) is 7.47. The fraction of sp³-hybridized carbons (Fsp3) is 0.562. The maximum atomic E-state index is 12.8. The minimum absolute atomic E-state index is 0.125. The van der Waals surface area contributed by atoms with Gasteiger partial charge < -0.3 is 15.0 Å². The van der Waals surface area contributed by atoms with E-state index in [1.54, 1.807) is 31.9 Å². The van der Waals surface area contributed by atoms with Crippen molar-refractivity contribution < 1.29 is 22.7 Å². The van der Waals surface area contributed by atoms with E-state index in [9.17, 15) is 18.0 Å². The monoisotopic (exact) mass is 332 g/mol. The number of nitrogens with zero attached hydrogens (tertiary/aromatic N) is 1. The van der Waals surface area contributed by atoms with Crippen molar-refractivity contribution in [2.75, 3.05) is 33.4 Å². The van der Waals surface area contributed by atoms with Crippen molar-refractivity contribution >= 4 is 5.91 Å². The number of rotatable bonds is 8. The molecule has 0 heterocycles. The molecule has 0 spiro atoms. The van der Waals surface area contributed by atoms with Gasteiger partial charge in [-0.25, -0.2) is 0 Å². The van der Waals surface area contributed by atoms with Gasteiger partial charge in [-0.2, -0.15) is 13.2 Å². The maximum Gasteiger partial charge on any atom is 0.416 e. The molecule has 0 saturated heterocycles. The van der Waals surface area contributed by atoms with Crippen molar-refractivity contribution in [3.05, 3.63) is 35.4 Å². The molecular formula is C16H23F3N2O2. The van der Waals surface area contributed by atoms with Crippen molar-refractivity contribution in [2.24, 2.45) is 0 Å². The molecule has 4 nitrogen and oxygen atoms in total. The first kappa shape index (κ1) is 19.4. The van der Waals surface area contributed by atoms with Gasteiger partial charge in [0.15, 0.2) is 0 Å². The highest BCUT2D eigenvalue weighted by Crippen LogP contribution is 2.31. The fourth-order valence-electron chi connectivity index (χ4n) is 2.29. The Morgan fingerprint density at radius 2 is 2.09 bits per heavy atom. The molecule has 0 bridgehead atoms. The van der Waals surface area contributed by atoms with E-state index in [0.29, 0.717) is 25.3 Å². The van der Waals surface area contributed by atoms with Crippen LogP contribution in [0.2, 0.25) is 0 Å². The van der Waals surface area contributed by atoms with E-state index in [1.165, 1.54) is 6.07 Å². The molecule has 23 heavy (non-hydrogen) atoms. The Balaban J connectivity index is 2.80. The largest absolute Gasteiger partial charge is 0.416 e. The Labute approximate surface area is 134 Å². The fourth-order valence-corrected chi connectivity index (χ4v) is 2.29. The molecule has 0 aliphatic heterocycles. The van der Waals surface area contributed by atoms with Crippen LogP contribution in [-0.4, -0.2) is 44.2 Å². The molecule has 1 rings (SSSR count). The second kappa shape index (κ2) is 8.88. The van der Waals surface area contributed by atoms with E-state index in [0.717, 1.165) is 12.1 Å². The summed E-state index contributed by atoms with van der Waals surface area (Å²) in [5, 5.41) is 2.95. The van der Waals surface area contributed by atoms with E-state index >= 15 is 0 Å². The number of benzene rings is 1. The van der Waals surface area contributed by atoms with Crippen LogP contribution in [0.5, 0.6) is 0 Å². The average Bonchev–Trinajstić information content (AvgIpc) is 2.51. The van der Waals surface area contributed by atoms with Crippen LogP contribution in [0.3, 0.4) is 0 Å². The number of alkyl halides is 3. The third-order valence-electron chi connectivity index (χ3n) is 3.58. The predicted octanol–water partition coefficient (Wildman–Crippen LogP) is 2.85. The Kier molecular flexibility index (Phi) is 7.51. The molecule has 1 unspecified atom stereocenters. The van der Waals surface area contributed by atoms with E-state index in [1.807, 2.05) is 0 Å². The number of carbonyl (C=O) groups excluding carboxylic acids is 1. The molecule has 0 radical (unpaired) electrons. The first-order valence-corrected chi connectivity index (χ1v) is 7.47. The minimum Gasteiger partial charge on any atom is -0.383 e. The zero-order valence-corrected chi connectivity index (χ0v) is 13.6. The van der Waals surface area contributed by atoms with Crippen molar-refractivity contribution in [3.8, 4) is 0 Å². The molecule has 1 N–H and O–H groups in total. The van der Waals surface area contributed by atoms with Crippen LogP contribution < -0.4 is 5.32 Å². The van der Waals surface area contributed by atoms with Gasteiger partial charge in [-0.05, 0) is 31.5 Å². The van der Waals surface area contributed by atoms with Gasteiger partial charge >= 0.3 is 6.18 Å². The number of likely N-dealkylation sites (N-methyl/N-ethyl adjacent to an activating group) is 1. The van der Waals surface area contributed by atoms with Gasteiger partial charge in [0.1, 0.15) is 0 Å². The number of hydrogen-bond donors (Lipinski definition) is 1. The van der Waals surface area contributed by atoms with E-state index in [2.05, 4.69) is 5.32 Å². The molecule has 7 heteroatoms. The molecule has 0 aliphatic rings. The smallest absolute Gasteiger partial charge is 0.383 e. The predicted molar refractivity (Wildman–Crippen MR) is 82.0 cm³/mol. The van der Waals surface area contributed by atoms with Gasteiger partial charge in [-0.3, -0.25) is 4.79 Å². The number of amides is 1. The Morgan fingerprint density at radius 3 is 2.65 bits per heavy atom. The van der Waals surface area contributed by atoms with Crippen LogP contribution in [0.4, 0.5) is 13.2 Å². The van der Waals surface area contributed by atoms with Crippen molar-refractivity contribution in [1.82, 2.24) is 10.2 Å². The average molecular weight is 332 g/mol. The van der Waals surface area contributed by atoms with Gasteiger partial charge in [-0.1, -0.05) is 12.1 Å². The standard InChI is InChI=1S/C16H23F3N2O2/c1-4-21(15(22)11-20-8-9-23-3)12(2)13-6-5-7-14(10-13)16(17,18)19/h5-7,10,12,20H,4,8-9,11H2,1-3H3. The zero-order chi connectivity index (χ0) is 17.5. The highest BCUT2D eigenvalue weighted by atomic mass is 19.4. The third-order valence-corrected chi connectivity index (χ3v) is 3.58. The molecule has 130 valence electrons. The molecule has 0 saturated carbocycles. The normalized spacial score (nSPS) is 13.0. The minimum atomic E-state index is -4.39. The summed E-state index contributed by atoms with van der Waals surface area (Å²) < 4.78 is 43.3. The summed E-state index contributed by atoms with van der Waals surface area (Å²) in [5.74, 6) is -0.159. The molecular weight excluding hydrogens is 309 g/mol. The number of carbonyl (C=O) groups is 1. The lowest BCUT2D eigenvalue weighted by Crippen LogP contribution is -2.40.